The van der Waals surface area contributed by atoms with Crippen molar-refractivity contribution >= 4 is 29.7 Å². The van der Waals surface area contributed by atoms with Gasteiger partial charge in [0.2, 0.25) is 5.91 Å². The van der Waals surface area contributed by atoms with Crippen molar-refractivity contribution in [2.45, 2.75) is 0 Å². The first kappa shape index (κ1) is 14.2. The van der Waals surface area contributed by atoms with E-state index >= 15 is 0 Å². The van der Waals surface area contributed by atoms with Crippen molar-refractivity contribution < 1.29 is 9.53 Å². The number of carbonyl (C=O) groups is 1. The highest BCUT2D eigenvalue weighted by Gasteiger charge is 2.05. The molecule has 4 heteroatoms. The Kier molecular flexibility index (Phi) is 4.43. The van der Waals surface area contributed by atoms with E-state index in [1.54, 1.807) is 25.3 Å². The molecular formula is C16H14ClNO2. The third-order valence-electron chi connectivity index (χ3n) is 2.84. The summed E-state index contributed by atoms with van der Waals surface area (Å²) >= 11 is 5.84. The largest absolute Gasteiger partial charge is 0.496 e. The molecule has 3 nitrogen and oxygen atoms in total. The number of halogens is 1. The van der Waals surface area contributed by atoms with Gasteiger partial charge < -0.3 is 10.5 Å². The summed E-state index contributed by atoms with van der Waals surface area (Å²) in [4.78, 5) is 11.2. The van der Waals surface area contributed by atoms with E-state index in [0.29, 0.717) is 16.3 Å². The van der Waals surface area contributed by atoms with Crippen LogP contribution in [0.4, 0.5) is 0 Å². The van der Waals surface area contributed by atoms with Crippen LogP contribution in [0.2, 0.25) is 5.02 Å². The van der Waals surface area contributed by atoms with Gasteiger partial charge in [0.25, 0.3) is 0 Å². The third kappa shape index (κ3) is 3.39. The maximum atomic E-state index is 11.2. The fraction of sp³-hybridized carbons (Fsp3) is 0.0625. The van der Waals surface area contributed by atoms with Crippen molar-refractivity contribution in [2.24, 2.45) is 5.73 Å². The highest BCUT2D eigenvalue weighted by atomic mass is 35.5. The topological polar surface area (TPSA) is 52.3 Å². The van der Waals surface area contributed by atoms with E-state index in [1.807, 2.05) is 36.4 Å². The van der Waals surface area contributed by atoms with Crippen LogP contribution in [0.15, 0.2) is 42.5 Å². The van der Waals surface area contributed by atoms with E-state index in [-0.39, 0.29) is 0 Å². The maximum absolute atomic E-state index is 11.2. The lowest BCUT2D eigenvalue weighted by Gasteiger charge is -2.06. The molecule has 0 radical (unpaired) electrons. The average Bonchev–Trinajstić information content (AvgIpc) is 2.46. The van der Waals surface area contributed by atoms with E-state index in [9.17, 15) is 4.79 Å². The van der Waals surface area contributed by atoms with Crippen LogP contribution in [0, 0.1) is 0 Å². The molecule has 0 spiro atoms. The van der Waals surface area contributed by atoms with Crippen LogP contribution in [0.5, 0.6) is 5.75 Å². The zero-order chi connectivity index (χ0) is 14.5. The second-order valence-electron chi connectivity index (χ2n) is 4.21. The van der Waals surface area contributed by atoms with E-state index in [1.165, 1.54) is 0 Å². The maximum Gasteiger partial charge on any atom is 0.248 e. The first-order valence-electron chi connectivity index (χ1n) is 6.01. The molecular weight excluding hydrogens is 274 g/mol. The minimum absolute atomic E-state index is 0.446. The average molecular weight is 288 g/mol. The number of primary amides is 1. The predicted octanol–water partition coefficient (Wildman–Crippen LogP) is 3.62. The van der Waals surface area contributed by atoms with Crippen molar-refractivity contribution in [3.05, 3.63) is 64.2 Å². The Morgan fingerprint density at radius 2 is 1.85 bits per heavy atom. The summed E-state index contributed by atoms with van der Waals surface area (Å²) in [7, 11) is 1.58. The smallest absolute Gasteiger partial charge is 0.248 e. The van der Waals surface area contributed by atoms with Gasteiger partial charge in [0.1, 0.15) is 5.75 Å². The zero-order valence-electron chi connectivity index (χ0n) is 11.0. The summed E-state index contributed by atoms with van der Waals surface area (Å²) in [6, 6.07) is 12.5. The SMILES string of the molecule is COc1ccc(C(N)=O)cc1C=Cc1ccc(Cl)cc1. The van der Waals surface area contributed by atoms with Gasteiger partial charge >= 0.3 is 0 Å². The molecule has 0 bridgehead atoms. The Hall–Kier alpha value is -2.26. The second kappa shape index (κ2) is 6.26. The molecule has 0 aliphatic heterocycles. The second-order valence-corrected chi connectivity index (χ2v) is 4.64. The molecule has 2 aromatic rings. The molecule has 1 amide bonds. The number of carbonyl (C=O) groups excluding carboxylic acids is 1. The first-order chi connectivity index (χ1) is 9.60. The fourth-order valence-corrected chi connectivity index (χ4v) is 1.90. The van der Waals surface area contributed by atoms with Crippen LogP contribution in [-0.2, 0) is 0 Å². The third-order valence-corrected chi connectivity index (χ3v) is 3.09. The Morgan fingerprint density at radius 3 is 2.45 bits per heavy atom. The molecule has 0 saturated heterocycles. The first-order valence-corrected chi connectivity index (χ1v) is 6.39. The van der Waals surface area contributed by atoms with Crippen molar-refractivity contribution in [3.8, 4) is 5.75 Å². The number of benzene rings is 2. The van der Waals surface area contributed by atoms with Gasteiger partial charge in [0, 0.05) is 16.1 Å². The molecule has 0 atom stereocenters. The number of nitrogens with two attached hydrogens (primary N) is 1. The molecule has 0 aromatic heterocycles. The van der Waals surface area contributed by atoms with E-state index < -0.39 is 5.91 Å². The van der Waals surface area contributed by atoms with E-state index in [0.717, 1.165) is 11.1 Å². The number of hydrogen-bond donors (Lipinski definition) is 1. The lowest BCUT2D eigenvalue weighted by Crippen LogP contribution is -2.10. The normalized spacial score (nSPS) is 10.7. The van der Waals surface area contributed by atoms with Crippen LogP contribution in [0.25, 0.3) is 12.2 Å². The molecule has 0 unspecified atom stereocenters. The van der Waals surface area contributed by atoms with Crippen molar-refractivity contribution in [1.82, 2.24) is 0 Å². The van der Waals surface area contributed by atoms with Gasteiger partial charge in [-0.25, -0.2) is 0 Å². The van der Waals surface area contributed by atoms with Crippen LogP contribution in [0.3, 0.4) is 0 Å². The lowest BCUT2D eigenvalue weighted by atomic mass is 10.1. The Morgan fingerprint density at radius 1 is 1.15 bits per heavy atom. The van der Waals surface area contributed by atoms with Gasteiger partial charge in [-0.05, 0) is 35.9 Å². The van der Waals surface area contributed by atoms with E-state index in [2.05, 4.69) is 0 Å². The molecule has 0 fully saturated rings. The fourth-order valence-electron chi connectivity index (χ4n) is 1.78. The highest BCUT2D eigenvalue weighted by molar-refractivity contribution is 6.30. The molecule has 0 heterocycles. The summed E-state index contributed by atoms with van der Waals surface area (Å²) in [5, 5.41) is 0.690. The summed E-state index contributed by atoms with van der Waals surface area (Å²) in [5.41, 5.74) is 7.52. The van der Waals surface area contributed by atoms with Gasteiger partial charge in [-0.3, -0.25) is 4.79 Å². The van der Waals surface area contributed by atoms with Crippen molar-refractivity contribution in [3.63, 3.8) is 0 Å². The highest BCUT2D eigenvalue weighted by Crippen LogP contribution is 2.22. The molecule has 2 rings (SSSR count). The molecule has 20 heavy (non-hydrogen) atoms. The molecule has 0 saturated carbocycles. The summed E-state index contributed by atoms with van der Waals surface area (Å²) in [6.45, 7) is 0. The van der Waals surface area contributed by atoms with Gasteiger partial charge in [-0.15, -0.1) is 0 Å². The van der Waals surface area contributed by atoms with Crippen LogP contribution >= 0.6 is 11.6 Å². The quantitative estimate of drug-likeness (QED) is 0.873. The standard InChI is InChI=1S/C16H14ClNO2/c1-20-15-9-6-13(16(18)19)10-12(15)5-2-11-3-7-14(17)8-4-11/h2-10H,1H3,(H2,18,19). The molecule has 2 N–H and O–H groups in total. The number of hydrogen-bond acceptors (Lipinski definition) is 2. The van der Waals surface area contributed by atoms with Crippen molar-refractivity contribution in [2.75, 3.05) is 7.11 Å². The molecule has 0 aliphatic carbocycles. The van der Waals surface area contributed by atoms with Gasteiger partial charge in [0.15, 0.2) is 0 Å². The van der Waals surface area contributed by atoms with Crippen LogP contribution in [-0.4, -0.2) is 13.0 Å². The minimum Gasteiger partial charge on any atom is -0.496 e. The van der Waals surface area contributed by atoms with Crippen molar-refractivity contribution in [1.29, 1.82) is 0 Å². The number of rotatable bonds is 4. The Labute approximate surface area is 122 Å². The minimum atomic E-state index is -0.464. The number of ether oxygens (including phenoxy) is 1. The zero-order valence-corrected chi connectivity index (χ0v) is 11.7. The number of amides is 1. The van der Waals surface area contributed by atoms with Crippen LogP contribution < -0.4 is 10.5 Å². The van der Waals surface area contributed by atoms with Crippen LogP contribution in [0.1, 0.15) is 21.5 Å². The lowest BCUT2D eigenvalue weighted by molar-refractivity contribution is 0.1000. The molecule has 102 valence electrons. The summed E-state index contributed by atoms with van der Waals surface area (Å²) in [5.74, 6) is 0.217. The van der Waals surface area contributed by atoms with Gasteiger partial charge in [-0.1, -0.05) is 35.9 Å². The molecule has 2 aromatic carbocycles. The predicted molar refractivity (Wildman–Crippen MR) is 81.9 cm³/mol. The van der Waals surface area contributed by atoms with Gasteiger partial charge in [-0.2, -0.15) is 0 Å². The summed E-state index contributed by atoms with van der Waals surface area (Å²) in [6.07, 6.45) is 3.79. The summed E-state index contributed by atoms with van der Waals surface area (Å²) < 4.78 is 5.26. The van der Waals surface area contributed by atoms with Gasteiger partial charge in [0.05, 0.1) is 7.11 Å². The monoisotopic (exact) mass is 287 g/mol. The Bertz CT molecular complexity index is 648. The molecule has 0 aliphatic rings. The Balaban J connectivity index is 2.33. The van der Waals surface area contributed by atoms with E-state index in [4.69, 9.17) is 22.1 Å². The number of methoxy groups -OCH3 is 1.